The van der Waals surface area contributed by atoms with Crippen LogP contribution in [0.25, 0.3) is 0 Å². The number of aliphatic carboxylic acids is 2. The molecule has 1 aliphatic carbocycles. The number of carbonyl (C=O) groups excluding carboxylic acids is 2. The van der Waals surface area contributed by atoms with Crippen molar-refractivity contribution < 1.29 is 29.4 Å². The zero-order chi connectivity index (χ0) is 27.3. The number of hydrogen-bond donors (Lipinski definition) is 4. The molecule has 0 aliphatic heterocycles. The molecule has 2 aromatic rings. The summed E-state index contributed by atoms with van der Waals surface area (Å²) in [4.78, 5) is 49.5. The van der Waals surface area contributed by atoms with Gasteiger partial charge in [-0.05, 0) is 68.0 Å². The standard InChI is InChI=1S/C29H36N2O6/c1-16(2)24(32)15-20-14-23(28(34)35)26(25(20)29(36)37)27(33)31-22-11-7-19(8-12-22)13-18-5-9-21(10-6-18)30-17(3)4/h5-12,16-17,20,23,25-26,30H,13-15H2,1-4H3,(H,31,33)(H,34,35)(H,36,37). The van der Waals surface area contributed by atoms with Crippen molar-refractivity contribution in [3.05, 3.63) is 59.7 Å². The van der Waals surface area contributed by atoms with Crippen LogP contribution < -0.4 is 10.6 Å². The van der Waals surface area contributed by atoms with E-state index in [1.165, 1.54) is 0 Å². The summed E-state index contributed by atoms with van der Waals surface area (Å²) in [7, 11) is 0. The van der Waals surface area contributed by atoms with E-state index < -0.39 is 41.5 Å². The van der Waals surface area contributed by atoms with Crippen LogP contribution in [0.5, 0.6) is 0 Å². The molecule has 8 nitrogen and oxygen atoms in total. The Bertz CT molecular complexity index is 1120. The molecule has 8 heteroatoms. The molecule has 4 N–H and O–H groups in total. The fraction of sp³-hybridized carbons (Fsp3) is 0.448. The summed E-state index contributed by atoms with van der Waals surface area (Å²) in [5.41, 5.74) is 3.68. The highest BCUT2D eigenvalue weighted by molar-refractivity contribution is 5.98. The SMILES string of the molecule is CC(C)Nc1ccc(Cc2ccc(NC(=O)C3C(C(=O)O)CC(CC(=O)C(C)C)C3C(=O)O)cc2)cc1. The Morgan fingerprint density at radius 1 is 0.811 bits per heavy atom. The molecule has 0 heterocycles. The van der Waals surface area contributed by atoms with Crippen LogP contribution in [0.15, 0.2) is 48.5 Å². The van der Waals surface area contributed by atoms with Gasteiger partial charge in [0.25, 0.3) is 0 Å². The van der Waals surface area contributed by atoms with E-state index in [1.807, 2.05) is 24.3 Å². The second kappa shape index (κ2) is 12.0. The quantitative estimate of drug-likeness (QED) is 0.346. The first kappa shape index (κ1) is 27.9. The van der Waals surface area contributed by atoms with Gasteiger partial charge in [-0.1, -0.05) is 38.1 Å². The van der Waals surface area contributed by atoms with E-state index in [2.05, 4.69) is 36.6 Å². The molecule has 4 atom stereocenters. The molecule has 1 amide bonds. The van der Waals surface area contributed by atoms with Crippen molar-refractivity contribution in [2.24, 2.45) is 29.6 Å². The average molecular weight is 509 g/mol. The second-order valence-electron chi connectivity index (χ2n) is 10.5. The molecule has 198 valence electrons. The molecule has 0 saturated heterocycles. The molecule has 0 aromatic heterocycles. The first-order valence-electron chi connectivity index (χ1n) is 12.7. The average Bonchev–Trinajstić information content (AvgIpc) is 3.21. The number of carbonyl (C=O) groups is 4. The summed E-state index contributed by atoms with van der Waals surface area (Å²) >= 11 is 0. The maximum atomic E-state index is 13.2. The number of Topliss-reactive ketones (excluding diaryl/α,β-unsaturated/α-hetero) is 1. The molecule has 1 fully saturated rings. The minimum Gasteiger partial charge on any atom is -0.481 e. The van der Waals surface area contributed by atoms with Gasteiger partial charge in [0, 0.05) is 29.8 Å². The lowest BCUT2D eigenvalue weighted by Crippen LogP contribution is -2.38. The maximum Gasteiger partial charge on any atom is 0.307 e. The number of hydrogen-bond acceptors (Lipinski definition) is 5. The fourth-order valence-electron chi connectivity index (χ4n) is 5.04. The predicted octanol–water partition coefficient (Wildman–Crippen LogP) is 4.69. The topological polar surface area (TPSA) is 133 Å². The van der Waals surface area contributed by atoms with Gasteiger partial charge in [0.2, 0.25) is 5.91 Å². The number of carboxylic acid groups (broad SMARTS) is 2. The number of amides is 1. The molecular formula is C29H36N2O6. The van der Waals surface area contributed by atoms with Crippen molar-refractivity contribution >= 4 is 35.0 Å². The van der Waals surface area contributed by atoms with Gasteiger partial charge < -0.3 is 20.8 Å². The summed E-state index contributed by atoms with van der Waals surface area (Å²) in [5, 5.41) is 25.7. The predicted molar refractivity (Wildman–Crippen MR) is 141 cm³/mol. The molecule has 4 unspecified atom stereocenters. The van der Waals surface area contributed by atoms with Gasteiger partial charge in [0.15, 0.2) is 0 Å². The number of carboxylic acids is 2. The van der Waals surface area contributed by atoms with Crippen molar-refractivity contribution in [2.45, 2.75) is 53.0 Å². The van der Waals surface area contributed by atoms with E-state index >= 15 is 0 Å². The zero-order valence-electron chi connectivity index (χ0n) is 21.7. The number of rotatable bonds is 11. The Kier molecular flexibility index (Phi) is 9.08. The minimum absolute atomic E-state index is 0.0206. The molecule has 1 saturated carbocycles. The largest absolute Gasteiger partial charge is 0.481 e. The van der Waals surface area contributed by atoms with Gasteiger partial charge in [-0.2, -0.15) is 0 Å². The van der Waals surface area contributed by atoms with Crippen molar-refractivity contribution in [3.8, 4) is 0 Å². The third-order valence-electron chi connectivity index (χ3n) is 6.94. The van der Waals surface area contributed by atoms with Crippen molar-refractivity contribution in [1.82, 2.24) is 0 Å². The lowest BCUT2D eigenvalue weighted by Gasteiger charge is -2.22. The van der Waals surface area contributed by atoms with Gasteiger partial charge in [0.1, 0.15) is 5.78 Å². The Morgan fingerprint density at radius 2 is 1.35 bits per heavy atom. The van der Waals surface area contributed by atoms with E-state index in [0.717, 1.165) is 16.8 Å². The molecule has 1 aliphatic rings. The van der Waals surface area contributed by atoms with E-state index in [1.54, 1.807) is 26.0 Å². The zero-order valence-corrected chi connectivity index (χ0v) is 21.7. The van der Waals surface area contributed by atoms with E-state index in [4.69, 9.17) is 0 Å². The number of benzene rings is 2. The lowest BCUT2D eigenvalue weighted by atomic mass is 9.83. The van der Waals surface area contributed by atoms with Crippen LogP contribution in [-0.2, 0) is 25.6 Å². The van der Waals surface area contributed by atoms with Crippen LogP contribution in [0.3, 0.4) is 0 Å². The number of nitrogens with one attached hydrogen (secondary N) is 2. The Morgan fingerprint density at radius 3 is 1.81 bits per heavy atom. The van der Waals surface area contributed by atoms with Crippen LogP contribution in [-0.4, -0.2) is 39.9 Å². The summed E-state index contributed by atoms with van der Waals surface area (Å²) in [6.45, 7) is 7.59. The van der Waals surface area contributed by atoms with E-state index in [9.17, 15) is 29.4 Å². The Labute approximate surface area is 217 Å². The van der Waals surface area contributed by atoms with Gasteiger partial charge in [-0.3, -0.25) is 19.2 Å². The van der Waals surface area contributed by atoms with Crippen molar-refractivity contribution in [3.63, 3.8) is 0 Å². The maximum absolute atomic E-state index is 13.2. The van der Waals surface area contributed by atoms with Crippen LogP contribution in [0.2, 0.25) is 0 Å². The van der Waals surface area contributed by atoms with E-state index in [-0.39, 0.29) is 24.5 Å². The van der Waals surface area contributed by atoms with Gasteiger partial charge in [-0.25, -0.2) is 0 Å². The molecular weight excluding hydrogens is 472 g/mol. The summed E-state index contributed by atoms with van der Waals surface area (Å²) < 4.78 is 0. The normalized spacial score (nSPS) is 21.1. The number of ketones is 1. The Hall–Kier alpha value is -3.68. The van der Waals surface area contributed by atoms with Crippen LogP contribution >= 0.6 is 0 Å². The van der Waals surface area contributed by atoms with Crippen molar-refractivity contribution in [1.29, 1.82) is 0 Å². The van der Waals surface area contributed by atoms with Crippen LogP contribution in [0, 0.1) is 29.6 Å². The summed E-state index contributed by atoms with van der Waals surface area (Å²) in [6, 6.07) is 15.7. The summed E-state index contributed by atoms with van der Waals surface area (Å²) in [5.74, 6) is -7.94. The molecule has 0 bridgehead atoms. The monoisotopic (exact) mass is 508 g/mol. The van der Waals surface area contributed by atoms with Crippen LogP contribution in [0.4, 0.5) is 11.4 Å². The lowest BCUT2D eigenvalue weighted by molar-refractivity contribution is -0.150. The highest BCUT2D eigenvalue weighted by atomic mass is 16.4. The highest BCUT2D eigenvalue weighted by Crippen LogP contribution is 2.45. The molecule has 2 aromatic carbocycles. The Balaban J connectivity index is 1.70. The summed E-state index contributed by atoms with van der Waals surface area (Å²) in [6.07, 6.45) is 0.630. The van der Waals surface area contributed by atoms with Gasteiger partial charge in [-0.15, -0.1) is 0 Å². The molecule has 3 rings (SSSR count). The number of anilines is 2. The second-order valence-corrected chi connectivity index (χ2v) is 10.5. The highest BCUT2D eigenvalue weighted by Gasteiger charge is 2.53. The van der Waals surface area contributed by atoms with Crippen molar-refractivity contribution in [2.75, 3.05) is 10.6 Å². The van der Waals surface area contributed by atoms with Crippen LogP contribution in [0.1, 0.15) is 51.7 Å². The van der Waals surface area contributed by atoms with Gasteiger partial charge >= 0.3 is 11.9 Å². The van der Waals surface area contributed by atoms with Gasteiger partial charge in [0.05, 0.1) is 17.8 Å². The third kappa shape index (κ3) is 7.18. The third-order valence-corrected chi connectivity index (χ3v) is 6.94. The molecule has 0 radical (unpaired) electrons. The molecule has 0 spiro atoms. The minimum atomic E-state index is -1.27. The fourth-order valence-corrected chi connectivity index (χ4v) is 5.04. The first-order chi connectivity index (χ1) is 17.5. The molecule has 37 heavy (non-hydrogen) atoms. The van der Waals surface area contributed by atoms with E-state index in [0.29, 0.717) is 18.2 Å². The smallest absolute Gasteiger partial charge is 0.307 e. The first-order valence-corrected chi connectivity index (χ1v) is 12.7.